The molecule has 0 rings (SSSR count). The molecule has 0 aliphatic rings. The molecule has 0 saturated carbocycles. The molecule has 0 spiro atoms. The van der Waals surface area contributed by atoms with Crippen LogP contribution in [-0.2, 0) is 18.4 Å². The lowest BCUT2D eigenvalue weighted by Crippen LogP contribution is -2.46. The van der Waals surface area contributed by atoms with Gasteiger partial charge in [0.15, 0.2) is 0 Å². The van der Waals surface area contributed by atoms with E-state index < -0.39 is 20.0 Å². The monoisotopic (exact) mass is 665 g/mol. The van der Waals surface area contributed by atoms with Crippen molar-refractivity contribution in [2.75, 3.05) is 40.9 Å². The van der Waals surface area contributed by atoms with Crippen LogP contribution in [0, 0.1) is 0 Å². The van der Waals surface area contributed by atoms with Crippen LogP contribution >= 0.6 is 7.82 Å². The molecule has 3 N–H and O–H groups in total. The highest BCUT2D eigenvalue weighted by Gasteiger charge is 2.28. The van der Waals surface area contributed by atoms with Crippen molar-refractivity contribution >= 4 is 13.7 Å². The maximum Gasteiger partial charge on any atom is 0.472 e. The van der Waals surface area contributed by atoms with E-state index in [0.29, 0.717) is 30.3 Å². The second kappa shape index (κ2) is 29.1. The number of quaternary nitrogens is 1. The molecule has 0 aliphatic heterocycles. The van der Waals surface area contributed by atoms with E-state index in [0.717, 1.165) is 70.6 Å². The van der Waals surface area contributed by atoms with Gasteiger partial charge in [-0.1, -0.05) is 106 Å². The standard InChI is InChI=1S/C37H65N2O6P/c1-6-8-10-11-12-13-14-15-16-17-18-19-20-21-22-23-24-25-26-27-29-31-37(41)38-35(36(40)30-28-9-7-2)34-45-46(42,43)44-33-32-39(3,4)5/h8,10,12-13,15-16,18-19,21-22,24-25,35-36,40H,6-7,9,11,14,17,20,23,26-34H2,1-5H3,(H-,38,41,42,43)/p+1/b10-8-,13-12-,16-15-,19-18-,22-21-,25-24-. The summed E-state index contributed by atoms with van der Waals surface area (Å²) in [5, 5.41) is 13.5. The van der Waals surface area contributed by atoms with Gasteiger partial charge >= 0.3 is 7.82 Å². The van der Waals surface area contributed by atoms with Crippen molar-refractivity contribution in [1.82, 2.24) is 5.32 Å². The molecular weight excluding hydrogens is 599 g/mol. The van der Waals surface area contributed by atoms with Crippen LogP contribution in [0.3, 0.4) is 0 Å². The Morgan fingerprint density at radius 2 is 1.28 bits per heavy atom. The molecule has 3 atom stereocenters. The first-order chi connectivity index (χ1) is 22.0. The Morgan fingerprint density at radius 1 is 0.761 bits per heavy atom. The second-order valence-electron chi connectivity index (χ2n) is 12.5. The molecule has 0 aromatic carbocycles. The van der Waals surface area contributed by atoms with Crippen molar-refractivity contribution in [1.29, 1.82) is 0 Å². The smallest absolute Gasteiger partial charge is 0.391 e. The number of carbonyl (C=O) groups is 1. The number of nitrogens with one attached hydrogen (secondary N) is 1. The van der Waals surface area contributed by atoms with E-state index in [1.54, 1.807) is 0 Å². The zero-order valence-corrected chi connectivity index (χ0v) is 30.4. The van der Waals surface area contributed by atoms with Crippen LogP contribution in [0.2, 0.25) is 0 Å². The number of amides is 1. The van der Waals surface area contributed by atoms with Crippen molar-refractivity contribution in [3.8, 4) is 0 Å². The average Bonchev–Trinajstić information content (AvgIpc) is 2.99. The minimum absolute atomic E-state index is 0.0596. The highest BCUT2D eigenvalue weighted by atomic mass is 31.2. The SMILES string of the molecule is CC/C=C\C/C=C\C/C=C\C/C=C\C/C=C\C/C=C\CCCCC(=O)NC(COP(=O)(O)OCC[N+](C)(C)C)C(O)CCCCC. The molecule has 0 aromatic rings. The summed E-state index contributed by atoms with van der Waals surface area (Å²) in [6.07, 6.45) is 37.2. The highest BCUT2D eigenvalue weighted by molar-refractivity contribution is 7.47. The first-order valence-corrected chi connectivity index (χ1v) is 18.8. The van der Waals surface area contributed by atoms with Crippen LogP contribution < -0.4 is 5.32 Å². The van der Waals surface area contributed by atoms with Gasteiger partial charge < -0.3 is 19.8 Å². The molecule has 0 heterocycles. The number of hydrogen-bond donors (Lipinski definition) is 3. The molecule has 0 saturated heterocycles. The summed E-state index contributed by atoms with van der Waals surface area (Å²) in [6, 6.07) is -0.782. The molecule has 8 nitrogen and oxygen atoms in total. The quantitative estimate of drug-likeness (QED) is 0.0320. The number of phosphoric ester groups is 1. The van der Waals surface area contributed by atoms with Gasteiger partial charge in [-0.05, 0) is 64.2 Å². The summed E-state index contributed by atoms with van der Waals surface area (Å²) in [5.74, 6) is -0.204. The fourth-order valence-electron chi connectivity index (χ4n) is 4.16. The van der Waals surface area contributed by atoms with Crippen molar-refractivity contribution in [3.63, 3.8) is 0 Å². The molecule has 264 valence electrons. The van der Waals surface area contributed by atoms with Crippen molar-refractivity contribution in [3.05, 3.63) is 72.9 Å². The topological polar surface area (TPSA) is 105 Å². The Morgan fingerprint density at radius 3 is 1.78 bits per heavy atom. The fourth-order valence-corrected chi connectivity index (χ4v) is 4.90. The van der Waals surface area contributed by atoms with E-state index in [-0.39, 0.29) is 19.1 Å². The number of unbranched alkanes of at least 4 members (excludes halogenated alkanes) is 4. The highest BCUT2D eigenvalue weighted by Crippen LogP contribution is 2.43. The van der Waals surface area contributed by atoms with E-state index in [2.05, 4.69) is 92.1 Å². The molecule has 0 radical (unpaired) electrons. The number of aliphatic hydroxyl groups is 1. The summed E-state index contributed by atoms with van der Waals surface area (Å²) in [7, 11) is 1.56. The minimum atomic E-state index is -4.30. The van der Waals surface area contributed by atoms with Crippen LogP contribution in [-0.4, -0.2) is 73.4 Å². The number of carbonyl (C=O) groups excluding carboxylic acids is 1. The van der Waals surface area contributed by atoms with Crippen molar-refractivity contribution < 1.29 is 32.9 Å². The number of likely N-dealkylation sites (N-methyl/N-ethyl adjacent to an activating group) is 1. The first-order valence-electron chi connectivity index (χ1n) is 17.3. The fraction of sp³-hybridized carbons (Fsp3) is 0.649. The maximum absolute atomic E-state index is 12.6. The average molecular weight is 666 g/mol. The molecule has 3 unspecified atom stereocenters. The Kier molecular flexibility index (Phi) is 27.8. The lowest BCUT2D eigenvalue weighted by atomic mass is 10.0. The summed E-state index contributed by atoms with van der Waals surface area (Å²) in [6.45, 7) is 4.52. The van der Waals surface area contributed by atoms with Crippen LogP contribution in [0.5, 0.6) is 0 Å². The molecule has 1 amide bonds. The van der Waals surface area contributed by atoms with Crippen molar-refractivity contribution in [2.45, 2.75) is 116 Å². The molecule has 0 aliphatic carbocycles. The lowest BCUT2D eigenvalue weighted by Gasteiger charge is -2.26. The first kappa shape index (κ1) is 43.9. The predicted octanol–water partition coefficient (Wildman–Crippen LogP) is 8.51. The van der Waals surface area contributed by atoms with Crippen LogP contribution in [0.15, 0.2) is 72.9 Å². The number of nitrogens with zero attached hydrogens (tertiary/aromatic N) is 1. The third kappa shape index (κ3) is 30.6. The Bertz CT molecular complexity index is 981. The number of hydrogen-bond acceptors (Lipinski definition) is 5. The number of aliphatic hydroxyl groups excluding tert-OH is 1. The number of allylic oxidation sites excluding steroid dienone is 12. The summed E-state index contributed by atoms with van der Waals surface area (Å²) < 4.78 is 23.2. The molecular formula is C37H66N2O6P+. The molecule has 46 heavy (non-hydrogen) atoms. The third-order valence-electron chi connectivity index (χ3n) is 6.97. The van der Waals surface area contributed by atoms with Crippen LogP contribution in [0.1, 0.15) is 104 Å². The van der Waals surface area contributed by atoms with E-state index in [1.807, 2.05) is 21.1 Å². The lowest BCUT2D eigenvalue weighted by molar-refractivity contribution is -0.870. The van der Waals surface area contributed by atoms with Crippen LogP contribution in [0.25, 0.3) is 0 Å². The predicted molar refractivity (Wildman–Crippen MR) is 193 cm³/mol. The number of phosphoric acid groups is 1. The van der Waals surface area contributed by atoms with Gasteiger partial charge in [0, 0.05) is 6.42 Å². The molecule has 0 fully saturated rings. The van der Waals surface area contributed by atoms with Gasteiger partial charge in [0.2, 0.25) is 5.91 Å². The van der Waals surface area contributed by atoms with Gasteiger partial charge in [-0.25, -0.2) is 4.57 Å². The second-order valence-corrected chi connectivity index (χ2v) is 14.0. The van der Waals surface area contributed by atoms with Gasteiger partial charge in [0.05, 0.1) is 39.9 Å². The Balaban J connectivity index is 4.28. The largest absolute Gasteiger partial charge is 0.472 e. The van der Waals surface area contributed by atoms with Crippen LogP contribution in [0.4, 0.5) is 0 Å². The Labute approximate surface area is 281 Å². The third-order valence-corrected chi connectivity index (χ3v) is 7.95. The molecule has 0 bridgehead atoms. The molecule has 0 aromatic heterocycles. The summed E-state index contributed by atoms with van der Waals surface area (Å²) >= 11 is 0. The van der Waals surface area contributed by atoms with Gasteiger partial charge in [-0.2, -0.15) is 0 Å². The van der Waals surface area contributed by atoms with Gasteiger partial charge in [0.1, 0.15) is 13.2 Å². The summed E-state index contributed by atoms with van der Waals surface area (Å²) in [5.41, 5.74) is 0. The van der Waals surface area contributed by atoms with E-state index in [1.165, 1.54) is 0 Å². The van der Waals surface area contributed by atoms with E-state index in [4.69, 9.17) is 9.05 Å². The summed E-state index contributed by atoms with van der Waals surface area (Å²) in [4.78, 5) is 22.7. The van der Waals surface area contributed by atoms with Gasteiger partial charge in [-0.15, -0.1) is 0 Å². The van der Waals surface area contributed by atoms with E-state index >= 15 is 0 Å². The zero-order valence-electron chi connectivity index (χ0n) is 29.5. The maximum atomic E-state index is 12.6. The molecule has 9 heteroatoms. The zero-order chi connectivity index (χ0) is 34.4. The van der Waals surface area contributed by atoms with Gasteiger partial charge in [0.25, 0.3) is 0 Å². The Hall–Kier alpha value is -2.06. The van der Waals surface area contributed by atoms with Gasteiger partial charge in [-0.3, -0.25) is 13.8 Å². The van der Waals surface area contributed by atoms with E-state index in [9.17, 15) is 19.4 Å². The minimum Gasteiger partial charge on any atom is -0.391 e. The normalized spacial score (nSPS) is 15.7. The van der Waals surface area contributed by atoms with Crippen molar-refractivity contribution in [2.24, 2.45) is 0 Å². The number of rotatable bonds is 29.